The van der Waals surface area contributed by atoms with Gasteiger partial charge in [0.05, 0.1) is 0 Å². The van der Waals surface area contributed by atoms with Gasteiger partial charge in [-0.25, -0.2) is 0 Å². The third kappa shape index (κ3) is 14.4. The lowest BCUT2D eigenvalue weighted by Gasteiger charge is -2.21. The fraction of sp³-hybridized carbons (Fsp3) is 1.00. The average molecular weight is 339 g/mol. The van der Waals surface area contributed by atoms with E-state index in [4.69, 9.17) is 0 Å². The van der Waals surface area contributed by atoms with Crippen LogP contribution < -0.4 is 0 Å². The molecule has 0 amide bonds. The van der Waals surface area contributed by atoms with Crippen molar-refractivity contribution < 1.29 is 0 Å². The Hall–Kier alpha value is 0. The monoisotopic (exact) mass is 338 g/mol. The van der Waals surface area contributed by atoms with E-state index in [2.05, 4.69) is 41.5 Å². The minimum absolute atomic E-state index is 0.868. The minimum atomic E-state index is 0.868. The van der Waals surface area contributed by atoms with Crippen LogP contribution in [-0.2, 0) is 0 Å². The number of hydrogen-bond donors (Lipinski definition) is 0. The lowest BCUT2D eigenvalue weighted by molar-refractivity contribution is 0.309. The molecule has 0 aliphatic heterocycles. The molecule has 0 heteroatoms. The first kappa shape index (κ1) is 24.0. The van der Waals surface area contributed by atoms with E-state index < -0.39 is 0 Å². The summed E-state index contributed by atoms with van der Waals surface area (Å²) in [6.45, 7) is 14.3. The molecule has 24 heavy (non-hydrogen) atoms. The molecular weight excluding hydrogens is 288 g/mol. The Kier molecular flexibility index (Phi) is 16.5. The van der Waals surface area contributed by atoms with E-state index in [1.165, 1.54) is 89.9 Å². The second-order valence-electron chi connectivity index (χ2n) is 9.01. The van der Waals surface area contributed by atoms with Crippen LogP contribution in [0.1, 0.15) is 131 Å². The molecule has 0 saturated carbocycles. The zero-order valence-corrected chi connectivity index (χ0v) is 18.2. The van der Waals surface area contributed by atoms with Crippen LogP contribution >= 0.6 is 0 Å². The normalized spacial score (nSPS) is 15.6. The van der Waals surface area contributed by atoms with Crippen molar-refractivity contribution in [1.29, 1.82) is 0 Å². The molecule has 0 rings (SSSR count). The standard InChI is InChI=1S/C24H50/c1-7-22(5)17-15-13-11-9-10-12-14-16-18-23(6)19-20-24(8-2)21(3)4/h21-24H,7-20H2,1-6H3. The third-order valence-corrected chi connectivity index (χ3v) is 6.34. The van der Waals surface area contributed by atoms with Gasteiger partial charge in [0.2, 0.25) is 0 Å². The number of hydrogen-bond acceptors (Lipinski definition) is 0. The Bertz CT molecular complexity index is 242. The molecule has 0 aliphatic rings. The Balaban J connectivity index is 3.34. The van der Waals surface area contributed by atoms with Gasteiger partial charge in [-0.1, -0.05) is 125 Å². The van der Waals surface area contributed by atoms with Crippen LogP contribution in [0.4, 0.5) is 0 Å². The van der Waals surface area contributed by atoms with Gasteiger partial charge in [0, 0.05) is 0 Å². The SMILES string of the molecule is CCC(C)CCCCCCCCCCC(C)CCC(CC)C(C)C. The highest BCUT2D eigenvalue weighted by Crippen LogP contribution is 2.25. The molecule has 0 radical (unpaired) electrons. The minimum Gasteiger partial charge on any atom is -0.0651 e. The van der Waals surface area contributed by atoms with Gasteiger partial charge in [-0.15, -0.1) is 0 Å². The third-order valence-electron chi connectivity index (χ3n) is 6.34. The van der Waals surface area contributed by atoms with Gasteiger partial charge in [0.1, 0.15) is 0 Å². The maximum absolute atomic E-state index is 2.48. The van der Waals surface area contributed by atoms with Crippen molar-refractivity contribution in [2.75, 3.05) is 0 Å². The largest absolute Gasteiger partial charge is 0.0651 e. The van der Waals surface area contributed by atoms with Crippen molar-refractivity contribution in [1.82, 2.24) is 0 Å². The summed E-state index contributed by atoms with van der Waals surface area (Å²) in [7, 11) is 0. The molecule has 0 aliphatic carbocycles. The van der Waals surface area contributed by atoms with Crippen LogP contribution in [0.2, 0.25) is 0 Å². The second kappa shape index (κ2) is 16.5. The summed E-state index contributed by atoms with van der Waals surface area (Å²) in [6.07, 6.45) is 20.3. The number of rotatable bonds is 17. The summed E-state index contributed by atoms with van der Waals surface area (Å²) in [5.74, 6) is 3.71. The molecule has 0 bridgehead atoms. The van der Waals surface area contributed by atoms with Gasteiger partial charge >= 0.3 is 0 Å². The van der Waals surface area contributed by atoms with Crippen molar-refractivity contribution >= 4 is 0 Å². The fourth-order valence-corrected chi connectivity index (χ4v) is 3.90. The van der Waals surface area contributed by atoms with Gasteiger partial charge in [-0.3, -0.25) is 0 Å². The highest BCUT2D eigenvalue weighted by Gasteiger charge is 2.12. The zero-order chi connectivity index (χ0) is 18.2. The van der Waals surface area contributed by atoms with Crippen molar-refractivity contribution in [3.8, 4) is 0 Å². The second-order valence-corrected chi connectivity index (χ2v) is 9.01. The predicted octanol–water partition coefficient (Wildman–Crippen LogP) is 9.03. The summed E-state index contributed by atoms with van der Waals surface area (Å²) in [5, 5.41) is 0. The van der Waals surface area contributed by atoms with Crippen LogP contribution in [0.5, 0.6) is 0 Å². The molecule has 0 fully saturated rings. The Morgan fingerprint density at radius 3 is 1.33 bits per heavy atom. The maximum atomic E-state index is 2.48. The van der Waals surface area contributed by atoms with E-state index >= 15 is 0 Å². The zero-order valence-electron chi connectivity index (χ0n) is 18.2. The highest BCUT2D eigenvalue weighted by molar-refractivity contribution is 4.64. The summed E-state index contributed by atoms with van der Waals surface area (Å²) in [5.41, 5.74) is 0. The lowest BCUT2D eigenvalue weighted by Crippen LogP contribution is -2.09. The molecule has 0 heterocycles. The van der Waals surface area contributed by atoms with Crippen molar-refractivity contribution in [3.63, 3.8) is 0 Å². The van der Waals surface area contributed by atoms with Crippen LogP contribution in [0.3, 0.4) is 0 Å². The topological polar surface area (TPSA) is 0 Å². The molecule has 0 saturated heterocycles. The van der Waals surface area contributed by atoms with E-state index in [0.29, 0.717) is 0 Å². The molecule has 0 aromatic rings. The van der Waals surface area contributed by atoms with Gasteiger partial charge in [-0.2, -0.15) is 0 Å². The number of unbranched alkanes of at least 4 members (excludes halogenated alkanes) is 7. The van der Waals surface area contributed by atoms with Crippen LogP contribution in [0.25, 0.3) is 0 Å². The van der Waals surface area contributed by atoms with Crippen LogP contribution in [-0.4, -0.2) is 0 Å². The molecule has 0 N–H and O–H groups in total. The van der Waals surface area contributed by atoms with E-state index in [1.807, 2.05) is 0 Å². The molecule has 146 valence electrons. The summed E-state index contributed by atoms with van der Waals surface area (Å²) < 4.78 is 0. The summed E-state index contributed by atoms with van der Waals surface area (Å²) in [6, 6.07) is 0. The molecule has 3 unspecified atom stereocenters. The average Bonchev–Trinajstić information content (AvgIpc) is 2.56. The van der Waals surface area contributed by atoms with Crippen LogP contribution in [0.15, 0.2) is 0 Å². The van der Waals surface area contributed by atoms with Crippen molar-refractivity contribution in [2.45, 2.75) is 131 Å². The quantitative estimate of drug-likeness (QED) is 0.232. The maximum Gasteiger partial charge on any atom is -0.0394 e. The molecule has 0 aromatic carbocycles. The first-order valence-electron chi connectivity index (χ1n) is 11.5. The highest BCUT2D eigenvalue weighted by atomic mass is 14.2. The van der Waals surface area contributed by atoms with Gasteiger partial charge in [0.25, 0.3) is 0 Å². The van der Waals surface area contributed by atoms with E-state index in [9.17, 15) is 0 Å². The fourth-order valence-electron chi connectivity index (χ4n) is 3.90. The molecular formula is C24H50. The Labute approximate surface area is 155 Å². The Morgan fingerprint density at radius 1 is 0.458 bits per heavy atom. The molecule has 0 aromatic heterocycles. The van der Waals surface area contributed by atoms with Crippen molar-refractivity contribution in [3.05, 3.63) is 0 Å². The van der Waals surface area contributed by atoms with E-state index in [-0.39, 0.29) is 0 Å². The van der Waals surface area contributed by atoms with Gasteiger partial charge in [0.15, 0.2) is 0 Å². The van der Waals surface area contributed by atoms with E-state index in [0.717, 1.165) is 23.7 Å². The Morgan fingerprint density at radius 2 is 0.917 bits per heavy atom. The van der Waals surface area contributed by atoms with Gasteiger partial charge in [-0.05, 0) is 30.1 Å². The van der Waals surface area contributed by atoms with Crippen LogP contribution in [0, 0.1) is 23.7 Å². The predicted molar refractivity (Wildman–Crippen MR) is 113 cm³/mol. The molecule has 0 spiro atoms. The van der Waals surface area contributed by atoms with E-state index in [1.54, 1.807) is 0 Å². The van der Waals surface area contributed by atoms with Crippen molar-refractivity contribution in [2.24, 2.45) is 23.7 Å². The van der Waals surface area contributed by atoms with Gasteiger partial charge < -0.3 is 0 Å². The lowest BCUT2D eigenvalue weighted by atomic mass is 9.85. The first-order valence-corrected chi connectivity index (χ1v) is 11.5. The molecule has 0 nitrogen and oxygen atoms in total. The summed E-state index contributed by atoms with van der Waals surface area (Å²) >= 11 is 0. The molecule has 3 atom stereocenters. The smallest absolute Gasteiger partial charge is 0.0394 e. The summed E-state index contributed by atoms with van der Waals surface area (Å²) in [4.78, 5) is 0. The first-order chi connectivity index (χ1) is 11.5.